The minimum atomic E-state index is -0.457. The molecule has 0 unspecified atom stereocenters. The summed E-state index contributed by atoms with van der Waals surface area (Å²) in [7, 11) is 2.89. The quantitative estimate of drug-likeness (QED) is 0.510. The molecule has 0 saturated heterocycles. The molecule has 1 heterocycles. The van der Waals surface area contributed by atoms with Gasteiger partial charge in [-0.2, -0.15) is 5.10 Å². The van der Waals surface area contributed by atoms with Crippen molar-refractivity contribution in [2.24, 2.45) is 0 Å². The van der Waals surface area contributed by atoms with E-state index in [0.717, 1.165) is 0 Å². The van der Waals surface area contributed by atoms with Gasteiger partial charge >= 0.3 is 0 Å². The zero-order chi connectivity index (χ0) is 19.4. The number of carbonyl (C=O) groups is 1. The second-order valence-electron chi connectivity index (χ2n) is 5.64. The number of aromatic hydroxyl groups is 1. The molecule has 2 aromatic carbocycles. The highest BCUT2D eigenvalue weighted by Crippen LogP contribution is 2.27. The van der Waals surface area contributed by atoms with Crippen LogP contribution >= 0.6 is 0 Å². The molecule has 0 fully saturated rings. The second kappa shape index (κ2) is 7.74. The van der Waals surface area contributed by atoms with Crippen molar-refractivity contribution in [1.29, 1.82) is 0 Å². The number of halogens is 1. The lowest BCUT2D eigenvalue weighted by atomic mass is 10.1. The van der Waals surface area contributed by atoms with Gasteiger partial charge in [0.1, 0.15) is 11.6 Å². The summed E-state index contributed by atoms with van der Waals surface area (Å²) in [5.74, 6) is -0.174. The molecule has 0 atom stereocenters. The Morgan fingerprint density at radius 3 is 2.63 bits per heavy atom. The normalized spacial score (nSPS) is 10.9. The number of rotatable bonds is 6. The van der Waals surface area contributed by atoms with Crippen LogP contribution in [0.1, 0.15) is 16.1 Å². The van der Waals surface area contributed by atoms with Gasteiger partial charge in [0.05, 0.1) is 25.6 Å². The number of aromatic amines is 1. The third-order valence-electron chi connectivity index (χ3n) is 3.93. The minimum absolute atomic E-state index is 0.115. The average Bonchev–Trinajstić information content (AvgIpc) is 3.14. The van der Waals surface area contributed by atoms with E-state index in [2.05, 4.69) is 10.2 Å². The summed E-state index contributed by atoms with van der Waals surface area (Å²) in [5.41, 5.74) is 1.57. The number of nitrogens with zero attached hydrogens (tertiary/aromatic N) is 1. The van der Waals surface area contributed by atoms with Gasteiger partial charge in [-0.15, -0.1) is 0 Å². The van der Waals surface area contributed by atoms with Crippen LogP contribution in [-0.2, 0) is 0 Å². The number of carbonyl (C=O) groups excluding carboxylic acids is 1. The molecule has 0 spiro atoms. The van der Waals surface area contributed by atoms with Crippen molar-refractivity contribution in [3.8, 4) is 28.5 Å². The Morgan fingerprint density at radius 2 is 1.96 bits per heavy atom. The van der Waals surface area contributed by atoms with Crippen LogP contribution in [0.25, 0.3) is 17.3 Å². The summed E-state index contributed by atoms with van der Waals surface area (Å²) in [4.78, 5) is 12.2. The van der Waals surface area contributed by atoms with Crippen molar-refractivity contribution in [2.45, 2.75) is 0 Å². The van der Waals surface area contributed by atoms with Crippen LogP contribution < -0.4 is 9.47 Å². The van der Waals surface area contributed by atoms with Crippen molar-refractivity contribution in [1.82, 2.24) is 10.2 Å². The molecule has 3 aromatic rings. The Morgan fingerprint density at radius 1 is 1.15 bits per heavy atom. The van der Waals surface area contributed by atoms with E-state index in [1.54, 1.807) is 24.3 Å². The smallest absolute Gasteiger partial charge is 0.186 e. The summed E-state index contributed by atoms with van der Waals surface area (Å²) < 4.78 is 24.1. The molecule has 3 rings (SSSR count). The van der Waals surface area contributed by atoms with E-state index in [1.807, 2.05) is 0 Å². The first-order valence-electron chi connectivity index (χ1n) is 8.00. The zero-order valence-electron chi connectivity index (χ0n) is 14.7. The van der Waals surface area contributed by atoms with E-state index in [0.29, 0.717) is 28.3 Å². The predicted octanol–water partition coefficient (Wildman–Crippen LogP) is 3.83. The van der Waals surface area contributed by atoms with E-state index in [-0.39, 0.29) is 17.3 Å². The Bertz CT molecular complexity index is 1010. The Balaban J connectivity index is 1.77. The zero-order valence-corrected chi connectivity index (χ0v) is 14.7. The van der Waals surface area contributed by atoms with Crippen LogP contribution in [0, 0.1) is 5.82 Å². The lowest BCUT2D eigenvalue weighted by Gasteiger charge is -2.03. The molecule has 6 nitrogen and oxygen atoms in total. The molecular weight excluding hydrogens is 351 g/mol. The van der Waals surface area contributed by atoms with Crippen molar-refractivity contribution in [2.75, 3.05) is 14.2 Å². The summed E-state index contributed by atoms with van der Waals surface area (Å²) in [5, 5.41) is 16.6. The first-order chi connectivity index (χ1) is 13.0. The number of phenolic OH excluding ortho intramolecular Hbond substituents is 1. The molecule has 0 amide bonds. The van der Waals surface area contributed by atoms with Gasteiger partial charge in [-0.1, -0.05) is 0 Å². The van der Waals surface area contributed by atoms with Gasteiger partial charge in [-0.05, 0) is 48.6 Å². The van der Waals surface area contributed by atoms with Gasteiger partial charge in [-0.25, -0.2) is 4.39 Å². The molecule has 27 heavy (non-hydrogen) atoms. The molecule has 7 heteroatoms. The molecule has 0 aliphatic rings. The van der Waals surface area contributed by atoms with Crippen LogP contribution in [0.3, 0.4) is 0 Å². The number of benzene rings is 2. The fourth-order valence-electron chi connectivity index (χ4n) is 2.50. The maximum atomic E-state index is 14.1. The van der Waals surface area contributed by atoms with E-state index < -0.39 is 5.82 Å². The van der Waals surface area contributed by atoms with Crippen LogP contribution in [0.4, 0.5) is 4.39 Å². The number of ether oxygens (including phenoxy) is 2. The van der Waals surface area contributed by atoms with Gasteiger partial charge in [0.25, 0.3) is 0 Å². The molecule has 0 radical (unpaired) electrons. The number of allylic oxidation sites excluding steroid dienone is 1. The predicted molar refractivity (Wildman–Crippen MR) is 98.6 cm³/mol. The molecule has 138 valence electrons. The lowest BCUT2D eigenvalue weighted by molar-refractivity contribution is 0.104. The first-order valence-corrected chi connectivity index (χ1v) is 8.00. The minimum Gasteiger partial charge on any atom is -0.504 e. The largest absolute Gasteiger partial charge is 0.504 e. The van der Waals surface area contributed by atoms with E-state index >= 15 is 0 Å². The van der Waals surface area contributed by atoms with Crippen LogP contribution in [0.2, 0.25) is 0 Å². The lowest BCUT2D eigenvalue weighted by Crippen LogP contribution is -1.94. The van der Waals surface area contributed by atoms with E-state index in [4.69, 9.17) is 9.47 Å². The maximum Gasteiger partial charge on any atom is 0.186 e. The van der Waals surface area contributed by atoms with E-state index in [9.17, 15) is 14.3 Å². The summed E-state index contributed by atoms with van der Waals surface area (Å²) in [6.07, 6.45) is 2.87. The molecule has 0 saturated carbocycles. The molecule has 2 N–H and O–H groups in total. The number of ketones is 1. The summed E-state index contributed by atoms with van der Waals surface area (Å²) in [6.45, 7) is 0. The third-order valence-corrected chi connectivity index (χ3v) is 3.93. The summed E-state index contributed by atoms with van der Waals surface area (Å²) >= 11 is 0. The second-order valence-corrected chi connectivity index (χ2v) is 5.64. The topological polar surface area (TPSA) is 84.4 Å². The number of hydrogen-bond donors (Lipinski definition) is 2. The molecular formula is C20H17FN2O4. The standard InChI is InChI=1S/C20H17FN2O4/c1-26-14-5-6-15(16(21)11-14)17-10-13(22-23-17)4-7-18(24)12-3-8-20(27-2)19(25)9-12/h3-11,25H,1-2H3,(H,22,23). The number of hydrogen-bond acceptors (Lipinski definition) is 5. The van der Waals surface area contributed by atoms with Crippen molar-refractivity contribution < 1.29 is 23.8 Å². The molecule has 0 bridgehead atoms. The van der Waals surface area contributed by atoms with Crippen LogP contribution in [0.5, 0.6) is 17.2 Å². The van der Waals surface area contributed by atoms with Gasteiger partial charge < -0.3 is 14.6 Å². The maximum absolute atomic E-state index is 14.1. The molecule has 0 aliphatic heterocycles. The van der Waals surface area contributed by atoms with Crippen LogP contribution in [-0.4, -0.2) is 35.3 Å². The third kappa shape index (κ3) is 3.98. The Kier molecular flexibility index (Phi) is 5.21. The SMILES string of the molecule is COc1ccc(-c2cc(C=CC(=O)c3ccc(OC)c(O)c3)[nH]n2)c(F)c1. The fraction of sp³-hybridized carbons (Fsp3) is 0.100. The number of aromatic nitrogens is 2. The number of H-pyrrole nitrogens is 1. The van der Waals surface area contributed by atoms with Crippen LogP contribution in [0.15, 0.2) is 48.5 Å². The van der Waals surface area contributed by atoms with Gasteiger partial charge in [0, 0.05) is 17.2 Å². The molecule has 1 aromatic heterocycles. The number of methoxy groups -OCH3 is 2. The summed E-state index contributed by atoms with van der Waals surface area (Å²) in [6, 6.07) is 10.5. The first kappa shape index (κ1) is 18.2. The average molecular weight is 368 g/mol. The Labute approximate surface area is 154 Å². The highest BCUT2D eigenvalue weighted by molar-refractivity contribution is 6.07. The Hall–Kier alpha value is -3.61. The van der Waals surface area contributed by atoms with Gasteiger partial charge in [-0.3, -0.25) is 9.89 Å². The van der Waals surface area contributed by atoms with Crippen molar-refractivity contribution >= 4 is 11.9 Å². The van der Waals surface area contributed by atoms with Gasteiger partial charge in [0.15, 0.2) is 17.3 Å². The monoisotopic (exact) mass is 368 g/mol. The van der Waals surface area contributed by atoms with Gasteiger partial charge in [0.2, 0.25) is 0 Å². The van der Waals surface area contributed by atoms with Crippen molar-refractivity contribution in [3.05, 3.63) is 65.6 Å². The van der Waals surface area contributed by atoms with Crippen molar-refractivity contribution in [3.63, 3.8) is 0 Å². The van der Waals surface area contributed by atoms with E-state index in [1.165, 1.54) is 44.6 Å². The fourth-order valence-corrected chi connectivity index (χ4v) is 2.50. The molecule has 0 aliphatic carbocycles. The number of nitrogens with one attached hydrogen (secondary N) is 1. The number of phenols is 1. The highest BCUT2D eigenvalue weighted by Gasteiger charge is 2.11. The highest BCUT2D eigenvalue weighted by atomic mass is 19.1.